The third kappa shape index (κ3) is 3.99. The van der Waals surface area contributed by atoms with E-state index in [0.717, 1.165) is 0 Å². The van der Waals surface area contributed by atoms with E-state index in [1.165, 1.54) is 6.07 Å². The lowest BCUT2D eigenvalue weighted by Crippen LogP contribution is -2.43. The van der Waals surface area contributed by atoms with Crippen LogP contribution in [0.2, 0.25) is 5.02 Å². The predicted molar refractivity (Wildman–Crippen MR) is 91.9 cm³/mol. The van der Waals surface area contributed by atoms with E-state index in [1.807, 2.05) is 0 Å². The molecule has 2 rings (SSSR count). The van der Waals surface area contributed by atoms with Crippen molar-refractivity contribution in [1.29, 1.82) is 0 Å². The van der Waals surface area contributed by atoms with Gasteiger partial charge < -0.3 is 20.1 Å². The standard InChI is InChI=1S/C17H22ClFN2O3/c1-9(13(8-22)21-16(23)24-17(2,3)4)11-7-12(19)14(18)10-5-6-20-15(10)11/h5-7,9,13,20,22H,8H2,1-4H3,(H,21,23). The fourth-order valence-corrected chi connectivity index (χ4v) is 2.77. The Bertz CT molecular complexity index is 739. The van der Waals surface area contributed by atoms with Crippen LogP contribution in [0.1, 0.15) is 39.2 Å². The molecule has 5 nitrogen and oxygen atoms in total. The van der Waals surface area contributed by atoms with Gasteiger partial charge in [-0.25, -0.2) is 9.18 Å². The smallest absolute Gasteiger partial charge is 0.407 e. The van der Waals surface area contributed by atoms with Crippen LogP contribution in [0.15, 0.2) is 18.3 Å². The maximum Gasteiger partial charge on any atom is 0.407 e. The fraction of sp³-hybridized carbons (Fsp3) is 0.471. The molecule has 0 aliphatic rings. The van der Waals surface area contributed by atoms with E-state index in [0.29, 0.717) is 16.5 Å². The van der Waals surface area contributed by atoms with E-state index in [4.69, 9.17) is 16.3 Å². The van der Waals surface area contributed by atoms with Crippen molar-refractivity contribution in [1.82, 2.24) is 10.3 Å². The summed E-state index contributed by atoms with van der Waals surface area (Å²) in [6.45, 7) is 6.73. The molecule has 1 heterocycles. The number of alkyl carbamates (subject to hydrolysis) is 1. The zero-order valence-electron chi connectivity index (χ0n) is 14.1. The molecule has 2 aromatic rings. The molecule has 1 aromatic carbocycles. The summed E-state index contributed by atoms with van der Waals surface area (Å²) in [5.74, 6) is -0.907. The molecular weight excluding hydrogens is 335 g/mol. The Hall–Kier alpha value is -1.79. The van der Waals surface area contributed by atoms with Crippen LogP contribution in [0.5, 0.6) is 0 Å². The minimum atomic E-state index is -0.646. The number of rotatable bonds is 4. The first kappa shape index (κ1) is 18.5. The summed E-state index contributed by atoms with van der Waals surface area (Å²) in [5.41, 5.74) is 0.650. The molecule has 0 spiro atoms. The molecule has 132 valence electrons. The Morgan fingerprint density at radius 3 is 2.75 bits per heavy atom. The molecule has 0 aliphatic carbocycles. The van der Waals surface area contributed by atoms with Gasteiger partial charge in [0.05, 0.1) is 23.2 Å². The van der Waals surface area contributed by atoms with Crippen molar-refractivity contribution in [3.8, 4) is 0 Å². The first-order chi connectivity index (χ1) is 11.1. The van der Waals surface area contributed by atoms with Gasteiger partial charge in [0.25, 0.3) is 0 Å². The van der Waals surface area contributed by atoms with Crippen LogP contribution in [0.4, 0.5) is 9.18 Å². The van der Waals surface area contributed by atoms with Gasteiger partial charge in [-0.15, -0.1) is 0 Å². The van der Waals surface area contributed by atoms with Crippen LogP contribution in [-0.2, 0) is 4.74 Å². The quantitative estimate of drug-likeness (QED) is 0.776. The predicted octanol–water partition coefficient (Wildman–Crippen LogP) is 3.95. The van der Waals surface area contributed by atoms with E-state index >= 15 is 0 Å². The second-order valence-corrected chi connectivity index (χ2v) is 7.13. The maximum atomic E-state index is 14.1. The van der Waals surface area contributed by atoms with Crippen molar-refractivity contribution in [2.24, 2.45) is 0 Å². The number of carbonyl (C=O) groups is 1. The van der Waals surface area contributed by atoms with Gasteiger partial charge in [-0.05, 0) is 38.5 Å². The second-order valence-electron chi connectivity index (χ2n) is 6.75. The van der Waals surface area contributed by atoms with Gasteiger partial charge in [-0.1, -0.05) is 18.5 Å². The highest BCUT2D eigenvalue weighted by atomic mass is 35.5. The van der Waals surface area contributed by atoms with Gasteiger partial charge in [0.1, 0.15) is 11.4 Å². The largest absolute Gasteiger partial charge is 0.444 e. The number of ether oxygens (including phenoxy) is 1. The van der Waals surface area contributed by atoms with E-state index in [2.05, 4.69) is 10.3 Å². The topological polar surface area (TPSA) is 74.4 Å². The molecule has 0 saturated carbocycles. The van der Waals surface area contributed by atoms with E-state index in [1.54, 1.807) is 40.0 Å². The number of amides is 1. The van der Waals surface area contributed by atoms with Gasteiger partial charge in [-0.2, -0.15) is 0 Å². The molecule has 0 aliphatic heterocycles. The second kappa shape index (κ2) is 6.99. The number of hydrogen-bond donors (Lipinski definition) is 3. The average molecular weight is 357 g/mol. The summed E-state index contributed by atoms with van der Waals surface area (Å²) in [7, 11) is 0. The molecule has 1 aromatic heterocycles. The summed E-state index contributed by atoms with van der Waals surface area (Å²) in [5, 5.41) is 12.9. The van der Waals surface area contributed by atoms with Crippen LogP contribution < -0.4 is 5.32 Å². The number of fused-ring (bicyclic) bond motifs is 1. The SMILES string of the molecule is CC(c1cc(F)c(Cl)c2cc[nH]c12)C(CO)NC(=O)OC(C)(C)C. The van der Waals surface area contributed by atoms with E-state index < -0.39 is 23.6 Å². The summed E-state index contributed by atoms with van der Waals surface area (Å²) in [6, 6.07) is 2.38. The highest BCUT2D eigenvalue weighted by molar-refractivity contribution is 6.35. The maximum absolute atomic E-state index is 14.1. The van der Waals surface area contributed by atoms with E-state index in [9.17, 15) is 14.3 Å². The van der Waals surface area contributed by atoms with Crippen molar-refractivity contribution >= 4 is 28.6 Å². The molecule has 2 atom stereocenters. The number of aromatic nitrogens is 1. The lowest BCUT2D eigenvalue weighted by molar-refractivity contribution is 0.0473. The van der Waals surface area contributed by atoms with Gasteiger partial charge in [0, 0.05) is 17.5 Å². The zero-order chi connectivity index (χ0) is 18.1. The fourth-order valence-electron chi connectivity index (χ4n) is 2.56. The summed E-state index contributed by atoms with van der Waals surface area (Å²) in [6.07, 6.45) is 1.03. The molecule has 24 heavy (non-hydrogen) atoms. The number of aromatic amines is 1. The van der Waals surface area contributed by atoms with Crippen LogP contribution in [0, 0.1) is 5.82 Å². The Morgan fingerprint density at radius 2 is 2.17 bits per heavy atom. The number of aliphatic hydroxyl groups is 1. The van der Waals surface area contributed by atoms with Crippen LogP contribution in [0.25, 0.3) is 10.9 Å². The third-order valence-corrected chi connectivity index (χ3v) is 4.14. The van der Waals surface area contributed by atoms with Gasteiger partial charge in [0.2, 0.25) is 0 Å². The number of aliphatic hydroxyl groups excluding tert-OH is 1. The molecule has 3 N–H and O–H groups in total. The Kier molecular flexibility index (Phi) is 5.40. The van der Waals surface area contributed by atoms with Crippen LogP contribution in [0.3, 0.4) is 0 Å². The van der Waals surface area contributed by atoms with Crippen LogP contribution >= 0.6 is 11.6 Å². The first-order valence-corrected chi connectivity index (χ1v) is 8.07. The van der Waals surface area contributed by atoms with Crippen molar-refractivity contribution in [2.75, 3.05) is 6.61 Å². The minimum absolute atomic E-state index is 0.0443. The Balaban J connectivity index is 2.29. The molecule has 0 fully saturated rings. The highest BCUT2D eigenvalue weighted by Crippen LogP contribution is 2.33. The number of carbonyl (C=O) groups excluding carboxylic acids is 1. The van der Waals surface area contributed by atoms with Gasteiger partial charge in [-0.3, -0.25) is 0 Å². The van der Waals surface area contributed by atoms with Crippen molar-refractivity contribution in [2.45, 2.75) is 45.3 Å². The van der Waals surface area contributed by atoms with E-state index in [-0.39, 0.29) is 17.5 Å². The molecule has 0 saturated heterocycles. The molecule has 1 amide bonds. The molecule has 0 radical (unpaired) electrons. The lowest BCUT2D eigenvalue weighted by atomic mass is 9.92. The van der Waals surface area contributed by atoms with Crippen molar-refractivity contribution in [3.05, 3.63) is 34.7 Å². The highest BCUT2D eigenvalue weighted by Gasteiger charge is 2.26. The third-order valence-electron chi connectivity index (χ3n) is 3.76. The van der Waals surface area contributed by atoms with Gasteiger partial charge >= 0.3 is 6.09 Å². The summed E-state index contributed by atoms with van der Waals surface area (Å²) < 4.78 is 19.3. The van der Waals surface area contributed by atoms with Crippen molar-refractivity contribution < 1.29 is 19.0 Å². The number of H-pyrrole nitrogens is 1. The summed E-state index contributed by atoms with van der Waals surface area (Å²) in [4.78, 5) is 15.0. The average Bonchev–Trinajstić information content (AvgIpc) is 2.95. The first-order valence-electron chi connectivity index (χ1n) is 7.69. The molecule has 2 unspecified atom stereocenters. The number of halogens is 2. The Labute approximate surface area is 145 Å². The lowest BCUT2D eigenvalue weighted by Gasteiger charge is -2.27. The Morgan fingerprint density at radius 1 is 1.50 bits per heavy atom. The summed E-state index contributed by atoms with van der Waals surface area (Å²) >= 11 is 5.98. The number of hydrogen-bond acceptors (Lipinski definition) is 3. The number of benzene rings is 1. The molecule has 0 bridgehead atoms. The van der Waals surface area contributed by atoms with Gasteiger partial charge in [0.15, 0.2) is 0 Å². The zero-order valence-corrected chi connectivity index (χ0v) is 14.9. The molecule has 7 heteroatoms. The van der Waals surface area contributed by atoms with Crippen molar-refractivity contribution in [3.63, 3.8) is 0 Å². The molecular formula is C17H22ClFN2O3. The van der Waals surface area contributed by atoms with Crippen LogP contribution in [-0.4, -0.2) is 34.4 Å². The normalized spacial score (nSPS) is 14.5. The number of nitrogens with one attached hydrogen (secondary N) is 2. The monoisotopic (exact) mass is 356 g/mol. The minimum Gasteiger partial charge on any atom is -0.444 e.